The van der Waals surface area contributed by atoms with Crippen molar-refractivity contribution < 1.29 is 9.90 Å². The number of hydrogen-bond donors (Lipinski definition) is 1. The number of carboxylic acid groups (broad SMARTS) is 1. The molecule has 1 aromatic carbocycles. The van der Waals surface area contributed by atoms with Crippen LogP contribution in [0.5, 0.6) is 0 Å². The second kappa shape index (κ2) is 5.21. The highest BCUT2D eigenvalue weighted by molar-refractivity contribution is 5.66. The normalized spacial score (nSPS) is 13.2. The van der Waals surface area contributed by atoms with Crippen LogP contribution in [0.4, 0.5) is 4.79 Å². The van der Waals surface area contributed by atoms with E-state index >= 15 is 0 Å². The van der Waals surface area contributed by atoms with E-state index in [4.69, 9.17) is 0 Å². The summed E-state index contributed by atoms with van der Waals surface area (Å²) in [7, 11) is 0. The van der Waals surface area contributed by atoms with Crippen LogP contribution >= 0.6 is 0 Å². The molecule has 3 heteroatoms. The molecule has 1 atom stereocenters. The van der Waals surface area contributed by atoms with E-state index in [0.29, 0.717) is 0 Å². The number of hydrogen-bond acceptors (Lipinski definition) is 1. The van der Waals surface area contributed by atoms with E-state index in [1.165, 1.54) is 4.90 Å². The molecule has 0 spiro atoms. The lowest BCUT2D eigenvalue weighted by molar-refractivity contribution is 0.0756. The van der Waals surface area contributed by atoms with Crippen LogP contribution in [0, 0.1) is 0 Å². The molecule has 17 heavy (non-hydrogen) atoms. The van der Waals surface area contributed by atoms with Crippen molar-refractivity contribution in [2.24, 2.45) is 0 Å². The Morgan fingerprint density at radius 2 is 1.82 bits per heavy atom. The van der Waals surface area contributed by atoms with Gasteiger partial charge in [0.05, 0.1) is 0 Å². The third-order valence-electron chi connectivity index (χ3n) is 2.74. The summed E-state index contributed by atoms with van der Waals surface area (Å²) in [5.74, 6) is 0. The van der Waals surface area contributed by atoms with Crippen molar-refractivity contribution in [2.45, 2.75) is 45.7 Å². The van der Waals surface area contributed by atoms with Crippen LogP contribution < -0.4 is 0 Å². The predicted octanol–water partition coefficient (Wildman–Crippen LogP) is 3.40. The van der Waals surface area contributed by atoms with Crippen molar-refractivity contribution >= 4 is 6.09 Å². The fourth-order valence-corrected chi connectivity index (χ4v) is 2.18. The Hall–Kier alpha value is -1.51. The molecule has 0 saturated carbocycles. The molecule has 1 N–H and O–H groups in total. The maximum Gasteiger partial charge on any atom is 0.407 e. The fraction of sp³-hybridized carbons (Fsp3) is 0.500. The van der Waals surface area contributed by atoms with Crippen molar-refractivity contribution in [1.29, 1.82) is 0 Å². The molecule has 0 fully saturated rings. The largest absolute Gasteiger partial charge is 0.465 e. The van der Waals surface area contributed by atoms with E-state index in [9.17, 15) is 9.90 Å². The highest BCUT2D eigenvalue weighted by atomic mass is 16.4. The van der Waals surface area contributed by atoms with Gasteiger partial charge in [-0.1, -0.05) is 30.3 Å². The fourth-order valence-electron chi connectivity index (χ4n) is 2.18. The van der Waals surface area contributed by atoms with Gasteiger partial charge in [0.15, 0.2) is 0 Å². The van der Waals surface area contributed by atoms with Crippen molar-refractivity contribution in [3.8, 4) is 0 Å². The van der Waals surface area contributed by atoms with Gasteiger partial charge in [-0.2, -0.15) is 0 Å². The van der Waals surface area contributed by atoms with Gasteiger partial charge in [0, 0.05) is 11.6 Å². The standard InChI is InChI=1S/C14H21NO2/c1-11(10-12-8-6-5-7-9-12)15(13(16)17)14(2,3)4/h5-9,11H,10H2,1-4H3,(H,16,17)/t11-/m1/s1. The topological polar surface area (TPSA) is 40.5 Å². The Labute approximate surface area is 103 Å². The zero-order valence-corrected chi connectivity index (χ0v) is 11.0. The molecule has 3 nitrogen and oxygen atoms in total. The maximum absolute atomic E-state index is 11.3. The lowest BCUT2D eigenvalue weighted by Crippen LogP contribution is -2.50. The van der Waals surface area contributed by atoms with Gasteiger partial charge in [0.1, 0.15) is 0 Å². The average molecular weight is 235 g/mol. The molecular formula is C14H21NO2. The first kappa shape index (κ1) is 13.6. The maximum atomic E-state index is 11.3. The summed E-state index contributed by atoms with van der Waals surface area (Å²) in [5.41, 5.74) is 0.788. The van der Waals surface area contributed by atoms with Crippen molar-refractivity contribution in [3.63, 3.8) is 0 Å². The monoisotopic (exact) mass is 235 g/mol. The Kier molecular flexibility index (Phi) is 4.16. The van der Waals surface area contributed by atoms with Crippen LogP contribution in [-0.2, 0) is 6.42 Å². The molecule has 0 aliphatic heterocycles. The quantitative estimate of drug-likeness (QED) is 0.872. The summed E-state index contributed by atoms with van der Waals surface area (Å²) in [6.45, 7) is 7.71. The lowest BCUT2D eigenvalue weighted by atomic mass is 10.00. The Morgan fingerprint density at radius 3 is 2.24 bits per heavy atom. The predicted molar refractivity (Wildman–Crippen MR) is 69.2 cm³/mol. The smallest absolute Gasteiger partial charge is 0.407 e. The van der Waals surface area contributed by atoms with E-state index in [-0.39, 0.29) is 11.6 Å². The van der Waals surface area contributed by atoms with Crippen LogP contribution in [0.3, 0.4) is 0 Å². The van der Waals surface area contributed by atoms with Crippen molar-refractivity contribution in [3.05, 3.63) is 35.9 Å². The number of nitrogens with zero attached hydrogens (tertiary/aromatic N) is 1. The van der Waals surface area contributed by atoms with Gasteiger partial charge in [-0.15, -0.1) is 0 Å². The molecule has 1 aromatic rings. The van der Waals surface area contributed by atoms with Crippen LogP contribution in [0.2, 0.25) is 0 Å². The van der Waals surface area contributed by atoms with Gasteiger partial charge in [0.25, 0.3) is 0 Å². The summed E-state index contributed by atoms with van der Waals surface area (Å²) in [4.78, 5) is 12.8. The van der Waals surface area contributed by atoms with Gasteiger partial charge in [-0.25, -0.2) is 4.79 Å². The summed E-state index contributed by atoms with van der Waals surface area (Å²) in [6, 6.07) is 9.94. The molecule has 0 aromatic heterocycles. The summed E-state index contributed by atoms with van der Waals surface area (Å²) < 4.78 is 0. The van der Waals surface area contributed by atoms with E-state index < -0.39 is 6.09 Å². The summed E-state index contributed by atoms with van der Waals surface area (Å²) >= 11 is 0. The van der Waals surface area contributed by atoms with E-state index in [2.05, 4.69) is 0 Å². The molecular weight excluding hydrogens is 214 g/mol. The zero-order chi connectivity index (χ0) is 13.1. The minimum atomic E-state index is -0.860. The summed E-state index contributed by atoms with van der Waals surface area (Å²) in [5, 5.41) is 9.28. The van der Waals surface area contributed by atoms with Crippen LogP contribution in [0.1, 0.15) is 33.3 Å². The Bertz CT molecular complexity index is 368. The Balaban J connectivity index is 2.80. The van der Waals surface area contributed by atoms with Gasteiger partial charge in [-0.05, 0) is 39.7 Å². The molecule has 0 bridgehead atoms. The van der Waals surface area contributed by atoms with Crippen molar-refractivity contribution in [1.82, 2.24) is 4.90 Å². The average Bonchev–Trinajstić information content (AvgIpc) is 2.15. The van der Waals surface area contributed by atoms with E-state index in [1.54, 1.807) is 0 Å². The molecule has 1 rings (SSSR count). The first-order valence-corrected chi connectivity index (χ1v) is 5.88. The number of amides is 1. The Morgan fingerprint density at radius 1 is 1.29 bits per heavy atom. The van der Waals surface area contributed by atoms with Crippen molar-refractivity contribution in [2.75, 3.05) is 0 Å². The van der Waals surface area contributed by atoms with Gasteiger partial charge < -0.3 is 10.0 Å². The van der Waals surface area contributed by atoms with Crippen LogP contribution in [0.15, 0.2) is 30.3 Å². The lowest BCUT2D eigenvalue weighted by Gasteiger charge is -2.38. The molecule has 0 unspecified atom stereocenters. The molecule has 0 aliphatic carbocycles. The minimum Gasteiger partial charge on any atom is -0.465 e. The molecule has 0 aliphatic rings. The third kappa shape index (κ3) is 3.77. The number of rotatable bonds is 3. The van der Waals surface area contributed by atoms with E-state index in [1.807, 2.05) is 58.0 Å². The second-order valence-electron chi connectivity index (χ2n) is 5.36. The van der Waals surface area contributed by atoms with Gasteiger partial charge in [0.2, 0.25) is 0 Å². The number of carbonyl (C=O) groups is 1. The van der Waals surface area contributed by atoms with Gasteiger partial charge >= 0.3 is 6.09 Å². The zero-order valence-electron chi connectivity index (χ0n) is 11.0. The van der Waals surface area contributed by atoms with Crippen LogP contribution in [0.25, 0.3) is 0 Å². The SMILES string of the molecule is C[C@H](Cc1ccccc1)N(C(=O)O)C(C)(C)C. The molecule has 0 radical (unpaired) electrons. The molecule has 0 saturated heterocycles. The number of benzene rings is 1. The molecule has 1 amide bonds. The summed E-state index contributed by atoms with van der Waals surface area (Å²) in [6.07, 6.45) is -0.120. The first-order valence-electron chi connectivity index (χ1n) is 5.88. The second-order valence-corrected chi connectivity index (χ2v) is 5.36. The third-order valence-corrected chi connectivity index (χ3v) is 2.74. The highest BCUT2D eigenvalue weighted by Gasteiger charge is 2.30. The minimum absolute atomic E-state index is 0.0325. The highest BCUT2D eigenvalue weighted by Crippen LogP contribution is 2.19. The van der Waals surface area contributed by atoms with Gasteiger partial charge in [-0.3, -0.25) is 0 Å². The molecule has 94 valence electrons. The van der Waals surface area contributed by atoms with E-state index in [0.717, 1.165) is 12.0 Å². The first-order chi connectivity index (χ1) is 7.82. The molecule has 0 heterocycles. The van der Waals surface area contributed by atoms with Crippen LogP contribution in [-0.4, -0.2) is 27.7 Å².